The van der Waals surface area contributed by atoms with Crippen molar-refractivity contribution in [3.8, 4) is 11.4 Å². The van der Waals surface area contributed by atoms with Crippen LogP contribution in [0.5, 0.6) is 0 Å². The van der Waals surface area contributed by atoms with Gasteiger partial charge in [-0.1, -0.05) is 0 Å². The third kappa shape index (κ3) is 2.55. The van der Waals surface area contributed by atoms with E-state index in [0.29, 0.717) is 6.04 Å². The zero-order chi connectivity index (χ0) is 13.2. The van der Waals surface area contributed by atoms with Gasteiger partial charge in [0, 0.05) is 35.0 Å². The van der Waals surface area contributed by atoms with E-state index in [1.54, 1.807) is 6.20 Å². The first-order chi connectivity index (χ1) is 9.25. The van der Waals surface area contributed by atoms with Gasteiger partial charge in [-0.05, 0) is 48.3 Å². The molecule has 0 saturated carbocycles. The zero-order valence-corrected chi connectivity index (χ0v) is 12.4. The molecule has 100 valence electrons. The van der Waals surface area contributed by atoms with Crippen LogP contribution in [-0.2, 0) is 0 Å². The Morgan fingerprint density at radius 2 is 2.26 bits per heavy atom. The molecular weight excluding hydrogens is 306 g/mol. The number of piperidine rings is 1. The Morgan fingerprint density at radius 1 is 1.37 bits per heavy atom. The van der Waals surface area contributed by atoms with Crippen molar-refractivity contribution in [2.75, 3.05) is 13.1 Å². The summed E-state index contributed by atoms with van der Waals surface area (Å²) in [6.45, 7) is 4.09. The van der Waals surface area contributed by atoms with Crippen molar-refractivity contribution in [3.63, 3.8) is 0 Å². The molecule has 1 aliphatic heterocycles. The molecule has 1 aliphatic rings. The number of halogens is 1. The average molecular weight is 322 g/mol. The lowest BCUT2D eigenvalue weighted by Gasteiger charge is -2.26. The molecular formula is C13H16BrN5. The van der Waals surface area contributed by atoms with E-state index >= 15 is 0 Å². The third-order valence-electron chi connectivity index (χ3n) is 3.47. The maximum absolute atomic E-state index is 4.33. The molecule has 0 spiro atoms. The quantitative estimate of drug-likeness (QED) is 0.922. The van der Waals surface area contributed by atoms with E-state index in [1.165, 1.54) is 12.8 Å². The Labute approximate surface area is 120 Å². The van der Waals surface area contributed by atoms with Gasteiger partial charge in [-0.3, -0.25) is 4.98 Å². The summed E-state index contributed by atoms with van der Waals surface area (Å²) in [5.41, 5.74) is 1.00. The van der Waals surface area contributed by atoms with E-state index in [9.17, 15) is 0 Å². The molecule has 0 amide bonds. The first kappa shape index (κ1) is 12.7. The second-order valence-electron chi connectivity index (χ2n) is 4.83. The number of rotatable bonds is 2. The summed E-state index contributed by atoms with van der Waals surface area (Å²) in [7, 11) is 0. The summed E-state index contributed by atoms with van der Waals surface area (Å²) >= 11 is 3.45. The summed E-state index contributed by atoms with van der Waals surface area (Å²) < 4.78 is 3.19. The molecule has 0 aliphatic carbocycles. The van der Waals surface area contributed by atoms with E-state index in [4.69, 9.17) is 0 Å². The monoisotopic (exact) mass is 321 g/mol. The van der Waals surface area contributed by atoms with Crippen LogP contribution in [0.25, 0.3) is 11.4 Å². The largest absolute Gasteiger partial charge is 0.315 e. The van der Waals surface area contributed by atoms with Crippen LogP contribution in [0.4, 0.5) is 0 Å². The van der Waals surface area contributed by atoms with Crippen LogP contribution in [0, 0.1) is 6.92 Å². The Morgan fingerprint density at radius 3 is 3.00 bits per heavy atom. The number of pyridine rings is 1. The Kier molecular flexibility index (Phi) is 3.61. The number of hydrogen-bond donors (Lipinski definition) is 1. The molecule has 1 atom stereocenters. The lowest BCUT2D eigenvalue weighted by Crippen LogP contribution is -2.32. The van der Waals surface area contributed by atoms with Crippen molar-refractivity contribution >= 4 is 15.9 Å². The van der Waals surface area contributed by atoms with E-state index < -0.39 is 0 Å². The average Bonchev–Trinajstić information content (AvgIpc) is 2.82. The topological polar surface area (TPSA) is 55.6 Å². The Bertz CT molecular complexity index is 574. The fourth-order valence-corrected chi connectivity index (χ4v) is 2.96. The lowest BCUT2D eigenvalue weighted by atomic mass is 10.1. The van der Waals surface area contributed by atoms with Crippen molar-refractivity contribution in [1.29, 1.82) is 0 Å². The molecule has 3 heterocycles. The van der Waals surface area contributed by atoms with Crippen LogP contribution in [0.2, 0.25) is 0 Å². The highest BCUT2D eigenvalue weighted by Gasteiger charge is 2.21. The van der Waals surface area contributed by atoms with Gasteiger partial charge in [0.2, 0.25) is 0 Å². The van der Waals surface area contributed by atoms with E-state index in [1.807, 2.05) is 19.2 Å². The molecule has 1 fully saturated rings. The third-order valence-corrected chi connectivity index (χ3v) is 3.90. The van der Waals surface area contributed by atoms with Gasteiger partial charge in [-0.15, -0.1) is 10.2 Å². The predicted octanol–water partition coefficient (Wildman–Crippen LogP) is 2.34. The Hall–Kier alpha value is -1.27. The molecule has 2 aromatic heterocycles. The fourth-order valence-electron chi connectivity index (χ4n) is 2.59. The smallest absolute Gasteiger partial charge is 0.165 e. The highest BCUT2D eigenvalue weighted by atomic mass is 79.9. The molecule has 1 saturated heterocycles. The van der Waals surface area contributed by atoms with Gasteiger partial charge in [0.05, 0.1) is 0 Å². The van der Waals surface area contributed by atoms with Gasteiger partial charge in [-0.25, -0.2) is 0 Å². The maximum Gasteiger partial charge on any atom is 0.165 e. The van der Waals surface area contributed by atoms with E-state index in [0.717, 1.165) is 34.8 Å². The van der Waals surface area contributed by atoms with Crippen LogP contribution in [0.3, 0.4) is 0 Å². The number of aromatic nitrogens is 4. The second-order valence-corrected chi connectivity index (χ2v) is 5.75. The van der Waals surface area contributed by atoms with Gasteiger partial charge in [0.25, 0.3) is 0 Å². The van der Waals surface area contributed by atoms with Crippen molar-refractivity contribution in [2.45, 2.75) is 25.8 Å². The fraction of sp³-hybridized carbons (Fsp3) is 0.462. The molecule has 0 radical (unpaired) electrons. The predicted molar refractivity (Wildman–Crippen MR) is 76.8 cm³/mol. The summed E-state index contributed by atoms with van der Waals surface area (Å²) in [6, 6.07) is 2.46. The molecule has 2 aromatic rings. The molecule has 19 heavy (non-hydrogen) atoms. The molecule has 1 N–H and O–H groups in total. The maximum atomic E-state index is 4.33. The van der Waals surface area contributed by atoms with Gasteiger partial charge in [0.1, 0.15) is 5.82 Å². The molecule has 0 aromatic carbocycles. The lowest BCUT2D eigenvalue weighted by molar-refractivity contribution is 0.368. The number of aryl methyl sites for hydroxylation is 1. The Balaban J connectivity index is 2.02. The van der Waals surface area contributed by atoms with E-state index in [2.05, 4.69) is 41.0 Å². The molecule has 5 nitrogen and oxygen atoms in total. The number of nitrogens with one attached hydrogen (secondary N) is 1. The highest BCUT2D eigenvalue weighted by molar-refractivity contribution is 9.10. The molecule has 6 heteroatoms. The SMILES string of the molecule is Cc1nnc(-c2cncc(Br)c2)n1C1CCCNC1. The van der Waals surface area contributed by atoms with Crippen molar-refractivity contribution in [3.05, 3.63) is 28.8 Å². The van der Waals surface area contributed by atoms with Gasteiger partial charge < -0.3 is 9.88 Å². The van der Waals surface area contributed by atoms with Gasteiger partial charge in [-0.2, -0.15) is 0 Å². The summed E-state index contributed by atoms with van der Waals surface area (Å²) in [5.74, 6) is 1.86. The number of hydrogen-bond acceptors (Lipinski definition) is 4. The number of nitrogens with zero attached hydrogens (tertiary/aromatic N) is 4. The first-order valence-electron chi connectivity index (χ1n) is 6.49. The first-order valence-corrected chi connectivity index (χ1v) is 7.28. The normalized spacial score (nSPS) is 19.6. The summed E-state index contributed by atoms with van der Waals surface area (Å²) in [4.78, 5) is 4.21. The van der Waals surface area contributed by atoms with Gasteiger partial charge in [0.15, 0.2) is 5.82 Å². The molecule has 3 rings (SSSR count). The van der Waals surface area contributed by atoms with Crippen LogP contribution in [0.15, 0.2) is 22.9 Å². The van der Waals surface area contributed by atoms with Crippen LogP contribution < -0.4 is 5.32 Å². The van der Waals surface area contributed by atoms with Crippen LogP contribution in [0.1, 0.15) is 24.7 Å². The standard InChI is InChI=1S/C13H16BrN5/c1-9-17-18-13(10-5-11(14)7-16-6-10)19(9)12-3-2-4-15-8-12/h5-7,12,15H,2-4,8H2,1H3. The van der Waals surface area contributed by atoms with Crippen LogP contribution >= 0.6 is 15.9 Å². The van der Waals surface area contributed by atoms with Crippen molar-refractivity contribution < 1.29 is 0 Å². The summed E-state index contributed by atoms with van der Waals surface area (Å²) in [6.07, 6.45) is 5.97. The minimum absolute atomic E-state index is 0.428. The van der Waals surface area contributed by atoms with Crippen molar-refractivity contribution in [1.82, 2.24) is 25.1 Å². The molecule has 0 bridgehead atoms. The van der Waals surface area contributed by atoms with Crippen LogP contribution in [-0.4, -0.2) is 32.8 Å². The zero-order valence-electron chi connectivity index (χ0n) is 10.8. The molecule has 1 unspecified atom stereocenters. The second kappa shape index (κ2) is 5.38. The van der Waals surface area contributed by atoms with Gasteiger partial charge >= 0.3 is 0 Å². The minimum atomic E-state index is 0.428. The highest BCUT2D eigenvalue weighted by Crippen LogP contribution is 2.27. The summed E-state index contributed by atoms with van der Waals surface area (Å²) in [5, 5.41) is 12.0. The van der Waals surface area contributed by atoms with Crippen molar-refractivity contribution in [2.24, 2.45) is 0 Å². The van der Waals surface area contributed by atoms with E-state index in [-0.39, 0.29) is 0 Å². The minimum Gasteiger partial charge on any atom is -0.315 e.